The van der Waals surface area contributed by atoms with Gasteiger partial charge in [0.2, 0.25) is 0 Å². The molecule has 2 aliphatic carbocycles. The lowest BCUT2D eigenvalue weighted by atomic mass is 10.0. The molecule has 0 aromatic heterocycles. The maximum Gasteiger partial charge on any atom is 0.573 e. The number of carbonyl (C=O) groups is 4. The molecule has 0 bridgehead atoms. The van der Waals surface area contributed by atoms with E-state index in [1.165, 1.54) is 54.6 Å². The number of carbonyl (C=O) groups excluding carboxylic acids is 4. The van der Waals surface area contributed by atoms with Crippen molar-refractivity contribution < 1.29 is 82.0 Å². The molecule has 2 saturated carbocycles. The molecule has 23 heteroatoms. The van der Waals surface area contributed by atoms with Gasteiger partial charge in [0.05, 0.1) is 11.1 Å². The molecule has 0 saturated heterocycles. The third-order valence-electron chi connectivity index (χ3n) is 10.0. The van der Waals surface area contributed by atoms with Crippen molar-refractivity contribution in [1.82, 2.24) is 0 Å². The Kier molecular flexibility index (Phi) is 16.0. The largest absolute Gasteiger partial charge is 0.573 e. The Morgan fingerprint density at radius 3 is 1.32 bits per heavy atom. The van der Waals surface area contributed by atoms with E-state index in [-0.39, 0.29) is 51.6 Å². The van der Waals surface area contributed by atoms with E-state index in [2.05, 4.69) is 14.8 Å². The van der Waals surface area contributed by atoms with Gasteiger partial charge >= 0.3 is 12.7 Å². The molecule has 3 amide bonds. The van der Waals surface area contributed by atoms with Crippen LogP contribution in [0.5, 0.6) is 34.5 Å². The highest BCUT2D eigenvalue weighted by molar-refractivity contribution is 6.68. The van der Waals surface area contributed by atoms with Gasteiger partial charge in [-0.2, -0.15) is 0 Å². The highest BCUT2D eigenvalue weighted by Crippen LogP contribution is 2.45. The van der Waals surface area contributed by atoms with Crippen molar-refractivity contribution in [2.45, 2.75) is 50.2 Å². The Balaban J connectivity index is 0.000000198. The van der Waals surface area contributed by atoms with E-state index in [9.17, 15) is 58.7 Å². The van der Waals surface area contributed by atoms with Crippen molar-refractivity contribution in [2.75, 3.05) is 11.1 Å². The lowest BCUT2D eigenvalue weighted by Crippen LogP contribution is -2.18. The van der Waals surface area contributed by atoms with Gasteiger partial charge in [-0.15, -0.1) is 26.3 Å². The van der Waals surface area contributed by atoms with Crippen LogP contribution in [0, 0.1) is 23.3 Å². The van der Waals surface area contributed by atoms with Gasteiger partial charge in [0.1, 0.15) is 68.9 Å². The van der Waals surface area contributed by atoms with Crippen LogP contribution in [0.4, 0.5) is 55.3 Å². The highest BCUT2D eigenvalue weighted by Gasteiger charge is 2.34. The van der Waals surface area contributed by atoms with E-state index in [1.54, 1.807) is 0 Å². The number of anilines is 2. The van der Waals surface area contributed by atoms with E-state index in [0.717, 1.165) is 80.3 Å². The molecule has 6 aromatic rings. The quantitative estimate of drug-likeness (QED) is 0.0494. The summed E-state index contributed by atoms with van der Waals surface area (Å²) in [5.74, 6) is -6.97. The fourth-order valence-electron chi connectivity index (χ4n) is 6.52. The number of rotatable bonds is 13. The van der Waals surface area contributed by atoms with Crippen molar-refractivity contribution in [3.63, 3.8) is 0 Å². The summed E-state index contributed by atoms with van der Waals surface area (Å²) in [7, 11) is 0. The maximum absolute atomic E-state index is 15.4. The SMILES string of the molecule is NC(=O)c1cc(N)ccc1F.NC(=O)c1cc(NC(=O)c2c(Oc3ccc(OC(F)(F)F)cc3)ccc(C3CC3)c2F)ccc1F.O=C(Cl)c1c(Oc2ccc(OC(F)(F)F)cc2)ccc(C2CC2)c1F. The molecule has 0 spiro atoms. The second kappa shape index (κ2) is 21.7. The normalized spacial score (nSPS) is 13.1. The summed E-state index contributed by atoms with van der Waals surface area (Å²) >= 11 is 5.47. The van der Waals surface area contributed by atoms with Crippen LogP contribution in [0.25, 0.3) is 0 Å². The lowest BCUT2D eigenvalue weighted by Gasteiger charge is -2.15. The number of nitrogens with two attached hydrogens (primary N) is 3. The average molecular weight is 1020 g/mol. The number of halogens is 11. The molecule has 0 radical (unpaired) electrons. The molecule has 0 aliphatic heterocycles. The Bertz CT molecular complexity index is 2970. The molecule has 0 atom stereocenters. The van der Waals surface area contributed by atoms with E-state index >= 15 is 4.39 Å². The van der Waals surface area contributed by atoms with Gasteiger partial charge in [-0.3, -0.25) is 19.2 Å². The molecule has 7 N–H and O–H groups in total. The molecule has 8 rings (SSSR count). The number of hydrogen-bond acceptors (Lipinski definition) is 9. The zero-order valence-corrected chi connectivity index (χ0v) is 36.8. The number of alkyl halides is 6. The summed E-state index contributed by atoms with van der Waals surface area (Å²) in [4.78, 5) is 46.5. The van der Waals surface area contributed by atoms with E-state index in [4.69, 9.17) is 38.3 Å². The Morgan fingerprint density at radius 2 is 0.930 bits per heavy atom. The Morgan fingerprint density at radius 1 is 0.535 bits per heavy atom. The van der Waals surface area contributed by atoms with Gasteiger partial charge in [-0.05, 0) is 157 Å². The predicted octanol–water partition coefficient (Wildman–Crippen LogP) is 12.2. The van der Waals surface area contributed by atoms with Gasteiger partial charge in [0.15, 0.2) is 0 Å². The van der Waals surface area contributed by atoms with Crippen LogP contribution in [-0.4, -0.2) is 35.7 Å². The van der Waals surface area contributed by atoms with Gasteiger partial charge in [0, 0.05) is 11.4 Å². The average Bonchev–Trinajstić information content (AvgIpc) is 4.22. The van der Waals surface area contributed by atoms with Crippen molar-refractivity contribution in [3.8, 4) is 34.5 Å². The van der Waals surface area contributed by atoms with Crippen LogP contribution in [0.15, 0.2) is 109 Å². The maximum atomic E-state index is 15.4. The first-order chi connectivity index (χ1) is 33.4. The Labute approximate surface area is 400 Å². The third kappa shape index (κ3) is 14.5. The van der Waals surface area contributed by atoms with Gasteiger partial charge in [-0.1, -0.05) is 12.1 Å². The summed E-state index contributed by atoms with van der Waals surface area (Å²) in [6.07, 6.45) is -6.49. The minimum Gasteiger partial charge on any atom is -0.456 e. The highest BCUT2D eigenvalue weighted by atomic mass is 35.5. The van der Waals surface area contributed by atoms with Crippen LogP contribution in [0.1, 0.15) is 90.1 Å². The molecule has 71 heavy (non-hydrogen) atoms. The number of hydrogen-bond donors (Lipinski definition) is 4. The lowest BCUT2D eigenvalue weighted by molar-refractivity contribution is -0.275. The predicted molar refractivity (Wildman–Crippen MR) is 236 cm³/mol. The van der Waals surface area contributed by atoms with Crippen LogP contribution >= 0.6 is 11.6 Å². The van der Waals surface area contributed by atoms with Crippen LogP contribution < -0.4 is 41.5 Å². The number of primary amides is 2. The zero-order valence-electron chi connectivity index (χ0n) is 36.0. The molecule has 2 fully saturated rings. The van der Waals surface area contributed by atoms with E-state index in [1.807, 2.05) is 0 Å². The number of ether oxygens (including phenoxy) is 4. The summed E-state index contributed by atoms with van der Waals surface area (Å²) in [5, 5.41) is 1.38. The standard InChI is InChI=1S/C24H17F5N2O4.C17H11ClF4O3.C7H7FN2O/c25-18-9-3-13(11-17(18)22(30)32)31-23(33)20-19(10-8-16(21(20)26)12-1-2-12)34-14-4-6-15(7-5-14)35-24(27,28)29;18-16(23)14-13(8-7-12(15(14)19)9-1-2-9)24-10-3-5-11(6-4-10)25-17(20,21)22;8-6-2-1-4(9)3-5(6)7(10)11/h3-12H,1-2H2,(H2,30,32)(H,31,33);3-9H,1-2H2;1-3H,9H2,(H2,10,11). The fourth-order valence-corrected chi connectivity index (χ4v) is 6.70. The van der Waals surface area contributed by atoms with Gasteiger partial charge in [0.25, 0.3) is 23.0 Å². The zero-order chi connectivity index (χ0) is 51.9. The minimum absolute atomic E-state index is 0.0129. The summed E-state index contributed by atoms with van der Waals surface area (Å²) in [6.45, 7) is 0. The van der Waals surface area contributed by atoms with Crippen molar-refractivity contribution in [2.24, 2.45) is 11.5 Å². The molecular formula is C48H35ClF10N4O8. The van der Waals surface area contributed by atoms with Gasteiger partial charge < -0.3 is 41.5 Å². The fraction of sp³-hybridized carbons (Fsp3) is 0.167. The molecule has 0 unspecified atom stereocenters. The number of nitrogens with one attached hydrogen (secondary N) is 1. The molecular weight excluding hydrogens is 986 g/mol. The summed E-state index contributed by atoms with van der Waals surface area (Å²) < 4.78 is 148. The minimum atomic E-state index is -4.87. The molecule has 0 heterocycles. The summed E-state index contributed by atoms with van der Waals surface area (Å²) in [5.41, 5.74) is 14.8. The monoisotopic (exact) mass is 1020 g/mol. The number of amides is 3. The van der Waals surface area contributed by atoms with Crippen molar-refractivity contribution in [3.05, 3.63) is 166 Å². The van der Waals surface area contributed by atoms with Crippen LogP contribution in [0.2, 0.25) is 0 Å². The van der Waals surface area contributed by atoms with Gasteiger partial charge in [-0.25, -0.2) is 17.6 Å². The smallest absolute Gasteiger partial charge is 0.456 e. The topological polar surface area (TPSA) is 195 Å². The van der Waals surface area contributed by atoms with E-state index < -0.39 is 81.6 Å². The molecule has 12 nitrogen and oxygen atoms in total. The summed E-state index contributed by atoms with van der Waals surface area (Å²) in [6, 6.07) is 21.4. The third-order valence-corrected chi connectivity index (χ3v) is 10.2. The van der Waals surface area contributed by atoms with Crippen LogP contribution in [0.3, 0.4) is 0 Å². The van der Waals surface area contributed by atoms with Crippen molar-refractivity contribution >= 4 is 45.9 Å². The Hall–Kier alpha value is -8.01. The molecule has 2 aliphatic rings. The molecule has 6 aromatic carbocycles. The molecule has 372 valence electrons. The second-order valence-corrected chi connectivity index (χ2v) is 15.7. The van der Waals surface area contributed by atoms with Crippen molar-refractivity contribution in [1.29, 1.82) is 0 Å². The number of nitrogen functional groups attached to an aromatic ring is 1. The second-order valence-electron chi connectivity index (χ2n) is 15.4. The first-order valence-electron chi connectivity index (χ1n) is 20.5. The number of benzene rings is 6. The first kappa shape index (κ1) is 52.4. The van der Waals surface area contributed by atoms with Crippen LogP contribution in [-0.2, 0) is 0 Å². The first-order valence-corrected chi connectivity index (χ1v) is 20.9. The van der Waals surface area contributed by atoms with E-state index in [0.29, 0.717) is 16.8 Å².